The van der Waals surface area contributed by atoms with E-state index in [-0.39, 0.29) is 11.9 Å². The minimum Gasteiger partial charge on any atom is -0.469 e. The summed E-state index contributed by atoms with van der Waals surface area (Å²) in [6.45, 7) is 5.63. The van der Waals surface area contributed by atoms with Gasteiger partial charge in [-0.15, -0.1) is 0 Å². The molecular formula is C13H17BrN2O2. The van der Waals surface area contributed by atoms with E-state index in [4.69, 9.17) is 4.74 Å². The number of aryl methyl sites for hydroxylation is 1. The zero-order valence-electron chi connectivity index (χ0n) is 10.8. The maximum absolute atomic E-state index is 11.6. The molecule has 1 aromatic rings. The molecule has 2 heterocycles. The highest BCUT2D eigenvalue weighted by molar-refractivity contribution is 9.10. The normalized spacial score (nSPS) is 23.2. The topological polar surface area (TPSA) is 42.4 Å². The average Bonchev–Trinajstić information content (AvgIpc) is 2.74. The highest BCUT2D eigenvalue weighted by Gasteiger charge is 2.36. The standard InChI is InChI=1S/C13H17BrN2O2/c1-8-4-12(15-5-11(8)14)16-6-9(2)10(7-16)13(17)18-3/h4-5,9-10H,6-7H2,1-3H3. The fraction of sp³-hybridized carbons (Fsp3) is 0.538. The number of carbonyl (C=O) groups excluding carboxylic acids is 1. The van der Waals surface area contributed by atoms with Crippen molar-refractivity contribution < 1.29 is 9.53 Å². The van der Waals surface area contributed by atoms with Crippen molar-refractivity contribution in [3.63, 3.8) is 0 Å². The van der Waals surface area contributed by atoms with E-state index >= 15 is 0 Å². The second-order valence-electron chi connectivity index (χ2n) is 4.80. The Balaban J connectivity index is 2.16. The number of ether oxygens (including phenoxy) is 1. The lowest BCUT2D eigenvalue weighted by Crippen LogP contribution is -2.24. The van der Waals surface area contributed by atoms with Crippen LogP contribution in [0.15, 0.2) is 16.7 Å². The smallest absolute Gasteiger partial charge is 0.310 e. The lowest BCUT2D eigenvalue weighted by Gasteiger charge is -2.17. The van der Waals surface area contributed by atoms with Gasteiger partial charge in [-0.2, -0.15) is 0 Å². The molecule has 0 spiro atoms. The number of esters is 1. The summed E-state index contributed by atoms with van der Waals surface area (Å²) in [6, 6.07) is 2.04. The van der Waals surface area contributed by atoms with E-state index in [0.29, 0.717) is 12.5 Å². The first-order valence-electron chi connectivity index (χ1n) is 5.98. The van der Waals surface area contributed by atoms with Crippen LogP contribution in [0.5, 0.6) is 0 Å². The molecule has 4 nitrogen and oxygen atoms in total. The molecule has 0 saturated carbocycles. The van der Waals surface area contributed by atoms with E-state index in [0.717, 1.165) is 22.4 Å². The van der Waals surface area contributed by atoms with Gasteiger partial charge in [-0.05, 0) is 40.4 Å². The van der Waals surface area contributed by atoms with Crippen LogP contribution in [-0.4, -0.2) is 31.2 Å². The molecule has 0 aromatic carbocycles. The summed E-state index contributed by atoms with van der Waals surface area (Å²) in [4.78, 5) is 18.2. The molecule has 0 aliphatic carbocycles. The molecule has 0 radical (unpaired) electrons. The molecule has 0 N–H and O–H groups in total. The predicted molar refractivity (Wildman–Crippen MR) is 73.6 cm³/mol. The molecule has 1 aliphatic heterocycles. The Hall–Kier alpha value is -1.10. The van der Waals surface area contributed by atoms with Gasteiger partial charge in [-0.25, -0.2) is 4.98 Å². The number of aromatic nitrogens is 1. The number of anilines is 1. The second-order valence-corrected chi connectivity index (χ2v) is 5.66. The van der Waals surface area contributed by atoms with Crippen molar-refractivity contribution in [2.75, 3.05) is 25.1 Å². The van der Waals surface area contributed by atoms with Crippen molar-refractivity contribution in [1.82, 2.24) is 4.98 Å². The van der Waals surface area contributed by atoms with E-state index in [1.807, 2.05) is 13.0 Å². The van der Waals surface area contributed by atoms with Gasteiger partial charge in [0.25, 0.3) is 0 Å². The minimum absolute atomic E-state index is 0.0549. The van der Waals surface area contributed by atoms with Crippen molar-refractivity contribution in [3.05, 3.63) is 22.3 Å². The number of hydrogen-bond acceptors (Lipinski definition) is 4. The van der Waals surface area contributed by atoms with Crippen LogP contribution in [0.4, 0.5) is 5.82 Å². The second kappa shape index (κ2) is 5.26. The fourth-order valence-electron chi connectivity index (χ4n) is 2.31. The number of carbonyl (C=O) groups is 1. The zero-order valence-corrected chi connectivity index (χ0v) is 12.4. The number of rotatable bonds is 2. The Morgan fingerprint density at radius 1 is 1.56 bits per heavy atom. The molecule has 0 bridgehead atoms. The molecule has 2 unspecified atom stereocenters. The van der Waals surface area contributed by atoms with E-state index < -0.39 is 0 Å². The fourth-order valence-corrected chi connectivity index (χ4v) is 2.53. The summed E-state index contributed by atoms with van der Waals surface area (Å²) in [5, 5.41) is 0. The summed E-state index contributed by atoms with van der Waals surface area (Å²) in [5.41, 5.74) is 1.15. The van der Waals surface area contributed by atoms with Crippen LogP contribution >= 0.6 is 15.9 Å². The summed E-state index contributed by atoms with van der Waals surface area (Å²) >= 11 is 3.44. The highest BCUT2D eigenvalue weighted by atomic mass is 79.9. The number of hydrogen-bond donors (Lipinski definition) is 0. The predicted octanol–water partition coefficient (Wildman–Crippen LogP) is 2.40. The largest absolute Gasteiger partial charge is 0.469 e. The SMILES string of the molecule is COC(=O)C1CN(c2cc(C)c(Br)cn2)CC1C. The molecule has 2 rings (SSSR count). The minimum atomic E-state index is -0.126. The Morgan fingerprint density at radius 3 is 2.89 bits per heavy atom. The van der Waals surface area contributed by atoms with Crippen LogP contribution < -0.4 is 4.90 Å². The third-order valence-corrected chi connectivity index (χ3v) is 4.30. The van der Waals surface area contributed by atoms with Gasteiger partial charge < -0.3 is 9.64 Å². The Morgan fingerprint density at radius 2 is 2.28 bits per heavy atom. The molecular weight excluding hydrogens is 296 g/mol. The number of pyridine rings is 1. The summed E-state index contributed by atoms with van der Waals surface area (Å²) in [6.07, 6.45) is 1.81. The van der Waals surface area contributed by atoms with Gasteiger partial charge in [0.1, 0.15) is 5.82 Å². The van der Waals surface area contributed by atoms with Crippen LogP contribution in [0.3, 0.4) is 0 Å². The van der Waals surface area contributed by atoms with E-state index in [1.54, 1.807) is 6.20 Å². The number of halogens is 1. The maximum Gasteiger partial charge on any atom is 0.310 e. The first-order valence-corrected chi connectivity index (χ1v) is 6.77. The highest BCUT2D eigenvalue weighted by Crippen LogP contribution is 2.29. The molecule has 1 aliphatic rings. The Labute approximate surface area is 115 Å². The van der Waals surface area contributed by atoms with Crippen molar-refractivity contribution in [1.29, 1.82) is 0 Å². The van der Waals surface area contributed by atoms with Crippen LogP contribution in [0.1, 0.15) is 12.5 Å². The van der Waals surface area contributed by atoms with Gasteiger partial charge in [0.15, 0.2) is 0 Å². The number of methoxy groups -OCH3 is 1. The molecule has 2 atom stereocenters. The summed E-state index contributed by atoms with van der Waals surface area (Å²) in [7, 11) is 1.44. The van der Waals surface area contributed by atoms with Crippen molar-refractivity contribution in [2.45, 2.75) is 13.8 Å². The van der Waals surface area contributed by atoms with Crippen LogP contribution in [-0.2, 0) is 9.53 Å². The van der Waals surface area contributed by atoms with Gasteiger partial charge in [0.05, 0.1) is 13.0 Å². The van der Waals surface area contributed by atoms with Gasteiger partial charge in [-0.3, -0.25) is 4.79 Å². The lowest BCUT2D eigenvalue weighted by atomic mass is 9.99. The van der Waals surface area contributed by atoms with Gasteiger partial charge in [0.2, 0.25) is 0 Å². The average molecular weight is 313 g/mol. The summed E-state index contributed by atoms with van der Waals surface area (Å²) < 4.78 is 5.84. The number of nitrogens with zero attached hydrogens (tertiary/aromatic N) is 2. The summed E-state index contributed by atoms with van der Waals surface area (Å²) in [5.74, 6) is 1.04. The van der Waals surface area contributed by atoms with Crippen LogP contribution in [0.2, 0.25) is 0 Å². The van der Waals surface area contributed by atoms with Gasteiger partial charge in [-0.1, -0.05) is 6.92 Å². The molecule has 1 aromatic heterocycles. The first-order chi connectivity index (χ1) is 8.52. The lowest BCUT2D eigenvalue weighted by molar-refractivity contribution is -0.145. The third kappa shape index (κ3) is 2.51. The van der Waals surface area contributed by atoms with Crippen LogP contribution in [0, 0.1) is 18.8 Å². The first kappa shape index (κ1) is 13.3. The molecule has 98 valence electrons. The molecule has 0 amide bonds. The maximum atomic E-state index is 11.6. The third-order valence-electron chi connectivity index (χ3n) is 3.47. The van der Waals surface area contributed by atoms with Crippen molar-refractivity contribution in [3.8, 4) is 0 Å². The zero-order chi connectivity index (χ0) is 13.3. The monoisotopic (exact) mass is 312 g/mol. The van der Waals surface area contributed by atoms with Crippen molar-refractivity contribution in [2.24, 2.45) is 11.8 Å². The molecule has 1 saturated heterocycles. The van der Waals surface area contributed by atoms with E-state index in [2.05, 4.69) is 32.7 Å². The van der Waals surface area contributed by atoms with Crippen molar-refractivity contribution >= 4 is 27.7 Å². The van der Waals surface area contributed by atoms with Gasteiger partial charge in [0, 0.05) is 23.8 Å². The molecule has 5 heteroatoms. The van der Waals surface area contributed by atoms with E-state index in [9.17, 15) is 4.79 Å². The molecule has 1 fully saturated rings. The molecule has 18 heavy (non-hydrogen) atoms. The quantitative estimate of drug-likeness (QED) is 0.786. The Kier molecular flexibility index (Phi) is 3.90. The van der Waals surface area contributed by atoms with E-state index in [1.165, 1.54) is 7.11 Å². The van der Waals surface area contributed by atoms with Gasteiger partial charge >= 0.3 is 5.97 Å². The Bertz CT molecular complexity index is 464. The van der Waals surface area contributed by atoms with Crippen LogP contribution in [0.25, 0.3) is 0 Å².